The first-order valence-electron chi connectivity index (χ1n) is 7.43. The number of rotatable bonds is 5. The summed E-state index contributed by atoms with van der Waals surface area (Å²) >= 11 is 0. The Morgan fingerprint density at radius 1 is 1.23 bits per heavy atom. The molecule has 0 saturated heterocycles. The van der Waals surface area contributed by atoms with Crippen LogP contribution in [0.5, 0.6) is 5.75 Å². The second kappa shape index (κ2) is 7.11. The topological polar surface area (TPSA) is 75.6 Å². The Hall–Kier alpha value is -2.30. The molecule has 1 aliphatic carbocycles. The van der Waals surface area contributed by atoms with Crippen molar-refractivity contribution in [3.05, 3.63) is 41.0 Å². The molecule has 0 heterocycles. The second-order valence-corrected chi connectivity index (χ2v) is 5.48. The molecule has 0 saturated carbocycles. The zero-order valence-electron chi connectivity index (χ0n) is 12.9. The van der Waals surface area contributed by atoms with Gasteiger partial charge in [-0.1, -0.05) is 11.6 Å². The molecule has 0 radical (unpaired) electrons. The van der Waals surface area contributed by atoms with Crippen LogP contribution in [0.4, 0.5) is 0 Å². The summed E-state index contributed by atoms with van der Waals surface area (Å²) in [5.41, 5.74) is 1.56. The zero-order valence-corrected chi connectivity index (χ0v) is 12.9. The Morgan fingerprint density at radius 3 is 2.55 bits per heavy atom. The first kappa shape index (κ1) is 16.1. The first-order chi connectivity index (χ1) is 10.5. The third-order valence-electron chi connectivity index (χ3n) is 3.88. The smallest absolute Gasteiger partial charge is 0.335 e. The highest BCUT2D eigenvalue weighted by molar-refractivity contribution is 5.98. The van der Waals surface area contributed by atoms with Gasteiger partial charge in [-0.3, -0.25) is 4.79 Å². The van der Waals surface area contributed by atoms with Crippen molar-refractivity contribution in [2.45, 2.75) is 38.6 Å². The van der Waals surface area contributed by atoms with Crippen molar-refractivity contribution in [1.82, 2.24) is 5.32 Å². The van der Waals surface area contributed by atoms with Crippen molar-refractivity contribution in [3.8, 4) is 5.75 Å². The van der Waals surface area contributed by atoms with Crippen LogP contribution in [0.3, 0.4) is 0 Å². The van der Waals surface area contributed by atoms with Crippen molar-refractivity contribution in [3.63, 3.8) is 0 Å². The predicted molar refractivity (Wildman–Crippen MR) is 83.4 cm³/mol. The number of carboxylic acids is 1. The van der Waals surface area contributed by atoms with Crippen LogP contribution >= 0.6 is 0 Å². The highest BCUT2D eigenvalue weighted by Gasteiger charge is 2.17. The summed E-state index contributed by atoms with van der Waals surface area (Å²) < 4.78 is 5.06. The number of ether oxygens (including phenoxy) is 1. The van der Waals surface area contributed by atoms with Crippen LogP contribution in [0.2, 0.25) is 0 Å². The van der Waals surface area contributed by atoms with Gasteiger partial charge in [0.25, 0.3) is 5.91 Å². The summed E-state index contributed by atoms with van der Waals surface area (Å²) in [6, 6.07) is 4.25. The highest BCUT2D eigenvalue weighted by Crippen LogP contribution is 2.21. The lowest BCUT2D eigenvalue weighted by molar-refractivity contribution is 0.0696. The molecule has 0 aliphatic heterocycles. The number of carbonyl (C=O) groups is 2. The van der Waals surface area contributed by atoms with Crippen molar-refractivity contribution < 1.29 is 19.4 Å². The van der Waals surface area contributed by atoms with Gasteiger partial charge in [-0.2, -0.15) is 0 Å². The number of benzene rings is 1. The van der Waals surface area contributed by atoms with Gasteiger partial charge in [0, 0.05) is 11.6 Å². The maximum atomic E-state index is 12.4. The van der Waals surface area contributed by atoms with Gasteiger partial charge in [0.15, 0.2) is 0 Å². The van der Waals surface area contributed by atoms with Gasteiger partial charge in [-0.05, 0) is 50.8 Å². The summed E-state index contributed by atoms with van der Waals surface area (Å²) in [6.07, 6.45) is 6.58. The fraction of sp³-hybridized carbons (Fsp3) is 0.412. The molecule has 0 unspecified atom stereocenters. The first-order valence-corrected chi connectivity index (χ1v) is 7.43. The SMILES string of the molecule is COc1cc(C(=O)O)cc(C(=O)N[C@H](C)C2=CCCCC2)c1. The number of carboxylic acid groups (broad SMARTS) is 1. The predicted octanol–water partition coefficient (Wildman–Crippen LogP) is 3.01. The van der Waals surface area contributed by atoms with Gasteiger partial charge in [0.2, 0.25) is 0 Å². The fourth-order valence-electron chi connectivity index (χ4n) is 2.60. The van der Waals surface area contributed by atoms with Gasteiger partial charge in [-0.25, -0.2) is 4.79 Å². The van der Waals surface area contributed by atoms with Gasteiger partial charge in [0.05, 0.1) is 12.7 Å². The highest BCUT2D eigenvalue weighted by atomic mass is 16.5. The molecular formula is C17H21NO4. The van der Waals surface area contributed by atoms with Crippen LogP contribution in [-0.2, 0) is 0 Å². The van der Waals surface area contributed by atoms with Crippen molar-refractivity contribution in [2.24, 2.45) is 0 Å². The van der Waals surface area contributed by atoms with Crippen molar-refractivity contribution in [1.29, 1.82) is 0 Å². The molecule has 0 spiro atoms. The Balaban J connectivity index is 2.16. The van der Waals surface area contributed by atoms with Crippen molar-refractivity contribution >= 4 is 11.9 Å². The summed E-state index contributed by atoms with van der Waals surface area (Å²) in [6.45, 7) is 1.95. The molecule has 2 rings (SSSR count). The lowest BCUT2D eigenvalue weighted by Crippen LogP contribution is -2.34. The number of carbonyl (C=O) groups excluding carboxylic acids is 1. The Bertz CT molecular complexity index is 607. The molecule has 5 heteroatoms. The number of hydrogen-bond donors (Lipinski definition) is 2. The van der Waals surface area contributed by atoms with Crippen LogP contribution in [0.25, 0.3) is 0 Å². The molecular weight excluding hydrogens is 282 g/mol. The van der Waals surface area contributed by atoms with Crippen LogP contribution in [-0.4, -0.2) is 30.1 Å². The third kappa shape index (κ3) is 3.87. The number of amides is 1. The normalized spacial score (nSPS) is 15.6. The van der Waals surface area contributed by atoms with Gasteiger partial charge < -0.3 is 15.2 Å². The molecule has 5 nitrogen and oxygen atoms in total. The van der Waals surface area contributed by atoms with E-state index in [4.69, 9.17) is 9.84 Å². The largest absolute Gasteiger partial charge is 0.497 e. The van der Waals surface area contributed by atoms with Gasteiger partial charge >= 0.3 is 5.97 Å². The number of methoxy groups -OCH3 is 1. The molecule has 1 aromatic rings. The molecule has 1 aromatic carbocycles. The van der Waals surface area contributed by atoms with E-state index >= 15 is 0 Å². The van der Waals surface area contributed by atoms with Crippen molar-refractivity contribution in [2.75, 3.05) is 7.11 Å². The molecule has 2 N–H and O–H groups in total. The molecule has 22 heavy (non-hydrogen) atoms. The maximum Gasteiger partial charge on any atom is 0.335 e. The van der Waals surface area contributed by atoms with E-state index in [0.29, 0.717) is 11.3 Å². The molecule has 0 bridgehead atoms. The number of hydrogen-bond acceptors (Lipinski definition) is 3. The standard InChI is InChI=1S/C17H21NO4/c1-11(12-6-4-3-5-7-12)18-16(19)13-8-14(17(20)21)10-15(9-13)22-2/h6,8-11H,3-5,7H2,1-2H3,(H,18,19)(H,20,21)/t11-/m1/s1. The van der Waals surface area contributed by atoms with E-state index in [0.717, 1.165) is 19.3 Å². The van der Waals surface area contributed by atoms with E-state index in [-0.39, 0.29) is 17.5 Å². The van der Waals surface area contributed by atoms with E-state index in [1.165, 1.54) is 31.2 Å². The van der Waals surface area contributed by atoms with E-state index in [1.54, 1.807) is 6.07 Å². The zero-order chi connectivity index (χ0) is 16.1. The maximum absolute atomic E-state index is 12.4. The average Bonchev–Trinajstić information content (AvgIpc) is 2.54. The molecule has 1 amide bonds. The number of aromatic carboxylic acids is 1. The Morgan fingerprint density at radius 2 is 1.95 bits per heavy atom. The molecule has 0 fully saturated rings. The van der Waals surface area contributed by atoms with Crippen LogP contribution < -0.4 is 10.1 Å². The Labute approximate surface area is 130 Å². The molecule has 118 valence electrons. The lowest BCUT2D eigenvalue weighted by atomic mass is 9.94. The Kier molecular flexibility index (Phi) is 5.20. The average molecular weight is 303 g/mol. The summed E-state index contributed by atoms with van der Waals surface area (Å²) in [4.78, 5) is 23.5. The monoisotopic (exact) mass is 303 g/mol. The molecule has 1 aliphatic rings. The lowest BCUT2D eigenvalue weighted by Gasteiger charge is -2.21. The minimum Gasteiger partial charge on any atom is -0.497 e. The quantitative estimate of drug-likeness (QED) is 0.820. The minimum atomic E-state index is -1.09. The van der Waals surface area contributed by atoms with Crippen LogP contribution in [0, 0.1) is 0 Å². The second-order valence-electron chi connectivity index (χ2n) is 5.48. The van der Waals surface area contributed by atoms with E-state index < -0.39 is 5.97 Å². The van der Waals surface area contributed by atoms with Gasteiger partial charge in [-0.15, -0.1) is 0 Å². The summed E-state index contributed by atoms with van der Waals surface area (Å²) in [7, 11) is 1.44. The van der Waals surface area contributed by atoms with E-state index in [2.05, 4.69) is 11.4 Å². The summed E-state index contributed by atoms with van der Waals surface area (Å²) in [5.74, 6) is -1.02. The van der Waals surface area contributed by atoms with E-state index in [1.807, 2.05) is 6.92 Å². The minimum absolute atomic E-state index is 0.0361. The van der Waals surface area contributed by atoms with Crippen LogP contribution in [0.15, 0.2) is 29.8 Å². The third-order valence-corrected chi connectivity index (χ3v) is 3.88. The molecule has 1 atom stereocenters. The van der Waals surface area contributed by atoms with Crippen LogP contribution in [0.1, 0.15) is 53.3 Å². The fourth-order valence-corrected chi connectivity index (χ4v) is 2.60. The summed E-state index contributed by atoms with van der Waals surface area (Å²) in [5, 5.41) is 12.0. The molecule has 0 aromatic heterocycles. The van der Waals surface area contributed by atoms with E-state index in [9.17, 15) is 9.59 Å². The number of allylic oxidation sites excluding steroid dienone is 1. The number of nitrogens with one attached hydrogen (secondary N) is 1. The van der Waals surface area contributed by atoms with Gasteiger partial charge in [0.1, 0.15) is 5.75 Å².